The Morgan fingerprint density at radius 1 is 1.06 bits per heavy atom. The van der Waals surface area contributed by atoms with Crippen LogP contribution in [-0.2, 0) is 28.6 Å². The molecule has 2 aliphatic rings. The molecule has 1 unspecified atom stereocenters. The van der Waals surface area contributed by atoms with Gasteiger partial charge in [-0.25, -0.2) is 14.4 Å². The summed E-state index contributed by atoms with van der Waals surface area (Å²) in [6.45, 7) is 1.61. The zero-order valence-electron chi connectivity index (χ0n) is 19.4. The SMILES string of the molecule is CCOC(=O)C1(C#N)C(NC2CCCCC2)=C(C(=O)OC)C(C(=O)OC)=C1c1ccc(Cl)cc1. The van der Waals surface area contributed by atoms with Gasteiger partial charge < -0.3 is 19.5 Å². The van der Waals surface area contributed by atoms with Crippen LogP contribution in [0.15, 0.2) is 41.1 Å². The van der Waals surface area contributed by atoms with Gasteiger partial charge in [0.2, 0.25) is 5.41 Å². The molecule has 0 saturated heterocycles. The van der Waals surface area contributed by atoms with Crippen molar-refractivity contribution < 1.29 is 28.6 Å². The first-order valence-electron chi connectivity index (χ1n) is 11.1. The average molecular weight is 487 g/mol. The van der Waals surface area contributed by atoms with E-state index in [1.165, 1.54) is 7.11 Å². The molecule has 0 amide bonds. The molecule has 0 radical (unpaired) electrons. The Balaban J connectivity index is 2.40. The van der Waals surface area contributed by atoms with Crippen LogP contribution in [0.3, 0.4) is 0 Å². The Morgan fingerprint density at radius 2 is 1.65 bits per heavy atom. The fourth-order valence-corrected chi connectivity index (χ4v) is 4.70. The van der Waals surface area contributed by atoms with Gasteiger partial charge in [0.1, 0.15) is 0 Å². The molecule has 1 N–H and O–H groups in total. The summed E-state index contributed by atoms with van der Waals surface area (Å²) in [6, 6.07) is 8.26. The van der Waals surface area contributed by atoms with E-state index in [2.05, 4.69) is 11.4 Å². The molecule has 1 fully saturated rings. The molecule has 1 aromatic carbocycles. The van der Waals surface area contributed by atoms with Crippen LogP contribution in [0.5, 0.6) is 0 Å². The molecule has 34 heavy (non-hydrogen) atoms. The standard InChI is InChI=1S/C25H27ClN2O6/c1-4-34-24(31)25(14-27)20(15-10-12-16(26)13-11-15)18(22(29)32-2)19(23(30)33-3)21(25)28-17-8-6-5-7-9-17/h10-13,17,28H,4-9H2,1-3H3. The molecule has 0 heterocycles. The number of ether oxygens (including phenoxy) is 3. The van der Waals surface area contributed by atoms with Crippen molar-refractivity contribution in [2.45, 2.75) is 45.1 Å². The quantitative estimate of drug-likeness (QED) is 0.458. The van der Waals surface area contributed by atoms with Crippen LogP contribution >= 0.6 is 11.6 Å². The lowest BCUT2D eigenvalue weighted by molar-refractivity contribution is -0.147. The molecule has 0 spiro atoms. The smallest absolute Gasteiger partial charge is 0.340 e. The second-order valence-electron chi connectivity index (χ2n) is 8.05. The Hall–Kier alpha value is -3.31. The van der Waals surface area contributed by atoms with Gasteiger partial charge in [0.05, 0.1) is 43.7 Å². The van der Waals surface area contributed by atoms with Crippen molar-refractivity contribution in [1.29, 1.82) is 5.26 Å². The Morgan fingerprint density at radius 3 is 2.18 bits per heavy atom. The molecule has 2 aliphatic carbocycles. The third-order valence-corrected chi connectivity index (χ3v) is 6.37. The molecular weight excluding hydrogens is 460 g/mol. The van der Waals surface area contributed by atoms with Crippen LogP contribution in [0.2, 0.25) is 5.02 Å². The Kier molecular flexibility index (Phi) is 8.00. The number of hydrogen-bond acceptors (Lipinski definition) is 8. The predicted octanol–water partition coefficient (Wildman–Crippen LogP) is 3.70. The van der Waals surface area contributed by atoms with Gasteiger partial charge in [0.25, 0.3) is 0 Å². The van der Waals surface area contributed by atoms with Crippen LogP contribution in [0, 0.1) is 16.7 Å². The van der Waals surface area contributed by atoms with Crippen molar-refractivity contribution in [1.82, 2.24) is 5.32 Å². The van der Waals surface area contributed by atoms with Crippen molar-refractivity contribution in [3.05, 3.63) is 51.7 Å². The fraction of sp³-hybridized carbons (Fsp3) is 0.440. The van der Waals surface area contributed by atoms with E-state index in [9.17, 15) is 19.6 Å². The summed E-state index contributed by atoms with van der Waals surface area (Å²) in [5.74, 6) is -2.65. The lowest BCUT2D eigenvalue weighted by Gasteiger charge is -2.32. The summed E-state index contributed by atoms with van der Waals surface area (Å²) < 4.78 is 15.3. The summed E-state index contributed by atoms with van der Waals surface area (Å²) in [4.78, 5) is 39.7. The minimum atomic E-state index is -2.12. The first-order chi connectivity index (χ1) is 16.3. The van der Waals surface area contributed by atoms with Crippen LogP contribution in [0.25, 0.3) is 5.57 Å². The molecule has 8 nitrogen and oxygen atoms in total. The van der Waals surface area contributed by atoms with E-state index in [0.29, 0.717) is 10.6 Å². The van der Waals surface area contributed by atoms with Gasteiger partial charge in [-0.1, -0.05) is 43.0 Å². The molecule has 1 saturated carbocycles. The number of esters is 3. The number of hydrogen-bond donors (Lipinski definition) is 1. The maximum absolute atomic E-state index is 13.5. The van der Waals surface area contributed by atoms with Gasteiger partial charge in [0, 0.05) is 16.6 Å². The molecular formula is C25H27ClN2O6. The minimum Gasteiger partial charge on any atom is -0.465 e. The lowest BCUT2D eigenvalue weighted by atomic mass is 9.76. The van der Waals surface area contributed by atoms with E-state index in [1.54, 1.807) is 31.2 Å². The van der Waals surface area contributed by atoms with Gasteiger partial charge in [-0.2, -0.15) is 5.26 Å². The van der Waals surface area contributed by atoms with E-state index >= 15 is 0 Å². The van der Waals surface area contributed by atoms with Gasteiger partial charge in [0.15, 0.2) is 0 Å². The number of nitriles is 1. The maximum Gasteiger partial charge on any atom is 0.340 e. The normalized spacial score (nSPS) is 20.6. The van der Waals surface area contributed by atoms with E-state index in [1.807, 2.05) is 0 Å². The summed E-state index contributed by atoms with van der Waals surface area (Å²) in [7, 11) is 2.33. The van der Waals surface area contributed by atoms with Crippen molar-refractivity contribution in [3.63, 3.8) is 0 Å². The molecule has 0 aromatic heterocycles. The van der Waals surface area contributed by atoms with Crippen LogP contribution in [-0.4, -0.2) is 44.8 Å². The van der Waals surface area contributed by atoms with E-state index in [-0.39, 0.29) is 35.1 Å². The first kappa shape index (κ1) is 25.3. The Bertz CT molecular complexity index is 1080. The van der Waals surface area contributed by atoms with E-state index in [0.717, 1.165) is 39.2 Å². The third-order valence-electron chi connectivity index (χ3n) is 6.11. The lowest BCUT2D eigenvalue weighted by Crippen LogP contribution is -2.43. The second-order valence-corrected chi connectivity index (χ2v) is 8.49. The number of halogens is 1. The van der Waals surface area contributed by atoms with Gasteiger partial charge in [-0.3, -0.25) is 0 Å². The average Bonchev–Trinajstić information content (AvgIpc) is 3.15. The van der Waals surface area contributed by atoms with Crippen LogP contribution < -0.4 is 5.32 Å². The number of methoxy groups -OCH3 is 2. The Labute approximate surface area is 203 Å². The topological polar surface area (TPSA) is 115 Å². The summed E-state index contributed by atoms with van der Waals surface area (Å²) in [5.41, 5.74) is -2.22. The molecule has 0 aliphatic heterocycles. The summed E-state index contributed by atoms with van der Waals surface area (Å²) >= 11 is 6.06. The highest BCUT2D eigenvalue weighted by molar-refractivity contribution is 6.30. The number of carbonyl (C=O) groups excluding carboxylic acids is 3. The third kappa shape index (κ3) is 4.40. The monoisotopic (exact) mass is 486 g/mol. The van der Waals surface area contributed by atoms with Gasteiger partial charge in [-0.05, 0) is 37.5 Å². The first-order valence-corrected chi connectivity index (χ1v) is 11.5. The molecule has 9 heteroatoms. The van der Waals surface area contributed by atoms with E-state index in [4.69, 9.17) is 25.8 Å². The van der Waals surface area contributed by atoms with Crippen molar-refractivity contribution in [2.24, 2.45) is 5.41 Å². The fourth-order valence-electron chi connectivity index (χ4n) is 4.57. The van der Waals surface area contributed by atoms with Gasteiger partial charge >= 0.3 is 17.9 Å². The zero-order chi connectivity index (χ0) is 24.9. The number of nitrogens with zero attached hydrogens (tertiary/aromatic N) is 1. The maximum atomic E-state index is 13.5. The number of benzene rings is 1. The van der Waals surface area contributed by atoms with Crippen LogP contribution in [0.1, 0.15) is 44.6 Å². The van der Waals surface area contributed by atoms with Gasteiger partial charge in [-0.15, -0.1) is 0 Å². The number of rotatable bonds is 7. The highest BCUT2D eigenvalue weighted by Gasteiger charge is 2.59. The largest absolute Gasteiger partial charge is 0.465 e. The number of carbonyl (C=O) groups is 3. The summed E-state index contributed by atoms with van der Waals surface area (Å²) in [6.07, 6.45) is 4.56. The summed E-state index contributed by atoms with van der Waals surface area (Å²) in [5, 5.41) is 14.2. The minimum absolute atomic E-state index is 0.00400. The molecule has 1 atom stereocenters. The van der Waals surface area contributed by atoms with Crippen molar-refractivity contribution >= 4 is 35.1 Å². The predicted molar refractivity (Wildman–Crippen MR) is 124 cm³/mol. The number of nitrogens with one attached hydrogen (secondary N) is 1. The second kappa shape index (κ2) is 10.7. The molecule has 180 valence electrons. The molecule has 0 bridgehead atoms. The highest BCUT2D eigenvalue weighted by Crippen LogP contribution is 2.52. The van der Waals surface area contributed by atoms with Crippen LogP contribution in [0.4, 0.5) is 0 Å². The molecule has 3 rings (SSSR count). The zero-order valence-corrected chi connectivity index (χ0v) is 20.2. The van der Waals surface area contributed by atoms with Crippen molar-refractivity contribution in [2.75, 3.05) is 20.8 Å². The van der Waals surface area contributed by atoms with E-state index < -0.39 is 23.3 Å². The van der Waals surface area contributed by atoms with Crippen molar-refractivity contribution in [3.8, 4) is 6.07 Å². The highest BCUT2D eigenvalue weighted by atomic mass is 35.5. The molecule has 1 aromatic rings.